The molecule has 0 saturated heterocycles. The van der Waals surface area contributed by atoms with Crippen LogP contribution in [0.1, 0.15) is 55.2 Å². The highest BCUT2D eigenvalue weighted by atomic mass is 16.5. The van der Waals surface area contributed by atoms with Crippen LogP contribution in [0.2, 0.25) is 0 Å². The molecule has 1 aliphatic heterocycles. The van der Waals surface area contributed by atoms with Crippen molar-refractivity contribution in [3.05, 3.63) is 65.0 Å². The van der Waals surface area contributed by atoms with Gasteiger partial charge in [-0.3, -0.25) is 10.3 Å². The molecule has 0 radical (unpaired) electrons. The lowest BCUT2D eigenvalue weighted by Gasteiger charge is -2.37. The Morgan fingerprint density at radius 2 is 2.12 bits per heavy atom. The van der Waals surface area contributed by atoms with Crippen molar-refractivity contribution in [2.45, 2.75) is 50.5 Å². The van der Waals surface area contributed by atoms with E-state index in [4.69, 9.17) is 4.74 Å². The van der Waals surface area contributed by atoms with Crippen molar-refractivity contribution in [3.63, 3.8) is 0 Å². The van der Waals surface area contributed by atoms with Crippen molar-refractivity contribution >= 4 is 0 Å². The molecular formula is C20H24N2O2. The molecule has 4 rings (SSSR count). The largest absolute Gasteiger partial charge is 0.394 e. The van der Waals surface area contributed by atoms with Crippen LogP contribution >= 0.6 is 0 Å². The van der Waals surface area contributed by atoms with Gasteiger partial charge in [0, 0.05) is 29.1 Å². The zero-order valence-electron chi connectivity index (χ0n) is 14.2. The number of hydrogen-bond acceptors (Lipinski definition) is 4. The number of pyridine rings is 1. The first-order valence-corrected chi connectivity index (χ1v) is 8.65. The van der Waals surface area contributed by atoms with Gasteiger partial charge in [-0.2, -0.15) is 0 Å². The van der Waals surface area contributed by atoms with E-state index in [0.29, 0.717) is 0 Å². The number of ether oxygens (including phenoxy) is 1. The Labute approximate surface area is 142 Å². The highest BCUT2D eigenvalue weighted by Crippen LogP contribution is 2.52. The predicted molar refractivity (Wildman–Crippen MR) is 92.5 cm³/mol. The van der Waals surface area contributed by atoms with E-state index in [1.807, 2.05) is 32.3 Å². The van der Waals surface area contributed by atoms with Crippen molar-refractivity contribution in [2.75, 3.05) is 6.61 Å². The monoisotopic (exact) mass is 324 g/mol. The average molecular weight is 324 g/mol. The quantitative estimate of drug-likeness (QED) is 0.911. The number of rotatable bonds is 3. The topological polar surface area (TPSA) is 54.4 Å². The van der Waals surface area contributed by atoms with Gasteiger partial charge in [-0.05, 0) is 50.3 Å². The van der Waals surface area contributed by atoms with Gasteiger partial charge >= 0.3 is 0 Å². The second-order valence-corrected chi connectivity index (χ2v) is 7.48. The van der Waals surface area contributed by atoms with Crippen LogP contribution in [0, 0.1) is 0 Å². The summed E-state index contributed by atoms with van der Waals surface area (Å²) in [7, 11) is 0. The average Bonchev–Trinajstić information content (AvgIpc) is 2.90. The molecule has 0 fully saturated rings. The van der Waals surface area contributed by atoms with Crippen LogP contribution in [-0.2, 0) is 16.8 Å². The fourth-order valence-corrected chi connectivity index (χ4v) is 4.00. The van der Waals surface area contributed by atoms with E-state index in [1.165, 1.54) is 11.1 Å². The summed E-state index contributed by atoms with van der Waals surface area (Å²) in [6.45, 7) is 4.02. The van der Waals surface area contributed by atoms with Crippen molar-refractivity contribution in [3.8, 4) is 0 Å². The van der Waals surface area contributed by atoms with Crippen molar-refractivity contribution in [1.29, 1.82) is 0 Å². The van der Waals surface area contributed by atoms with Gasteiger partial charge in [0.2, 0.25) is 0 Å². The van der Waals surface area contributed by atoms with Crippen LogP contribution in [0.15, 0.2) is 42.7 Å². The van der Waals surface area contributed by atoms with Crippen LogP contribution in [0.4, 0.5) is 0 Å². The molecule has 4 heteroatoms. The first kappa shape index (κ1) is 15.8. The maximum Gasteiger partial charge on any atom is 0.136 e. The minimum absolute atomic E-state index is 0.0524. The van der Waals surface area contributed by atoms with Crippen molar-refractivity contribution in [1.82, 2.24) is 10.3 Å². The lowest BCUT2D eigenvalue weighted by Crippen LogP contribution is -2.45. The lowest BCUT2D eigenvalue weighted by molar-refractivity contribution is -0.0860. The maximum atomic E-state index is 9.63. The number of fused-ring (bicyclic) bond motifs is 4. The summed E-state index contributed by atoms with van der Waals surface area (Å²) >= 11 is 0. The Bertz CT molecular complexity index is 759. The molecule has 2 atom stereocenters. The SMILES string of the molecule is CC(C)(CO)NC1OC2(CCCc3ccccc32)c2cnccc21. The Morgan fingerprint density at radius 1 is 1.29 bits per heavy atom. The Hall–Kier alpha value is -1.75. The summed E-state index contributed by atoms with van der Waals surface area (Å²) in [6.07, 6.45) is 6.68. The van der Waals surface area contributed by atoms with E-state index < -0.39 is 11.1 Å². The molecule has 1 aromatic carbocycles. The summed E-state index contributed by atoms with van der Waals surface area (Å²) in [5.41, 5.74) is 4.07. The smallest absolute Gasteiger partial charge is 0.136 e. The fraction of sp³-hybridized carbons (Fsp3) is 0.450. The first-order chi connectivity index (χ1) is 11.6. The number of aromatic nitrogens is 1. The van der Waals surface area contributed by atoms with Gasteiger partial charge in [0.05, 0.1) is 6.61 Å². The molecule has 2 aliphatic rings. The molecule has 1 spiro atoms. The number of nitrogens with one attached hydrogen (secondary N) is 1. The summed E-state index contributed by atoms with van der Waals surface area (Å²) in [5, 5.41) is 13.1. The van der Waals surface area contributed by atoms with Gasteiger partial charge in [-0.1, -0.05) is 24.3 Å². The zero-order chi connectivity index (χ0) is 16.8. The van der Waals surface area contributed by atoms with Crippen LogP contribution in [0.25, 0.3) is 0 Å². The molecule has 2 aromatic rings. The molecule has 1 aliphatic carbocycles. The van der Waals surface area contributed by atoms with Crippen LogP contribution in [0.3, 0.4) is 0 Å². The molecule has 0 saturated carbocycles. The molecular weight excluding hydrogens is 300 g/mol. The van der Waals surface area contributed by atoms with E-state index in [2.05, 4.69) is 34.6 Å². The standard InChI is InChI=1S/C20H24N2O2/c1-19(2,13-23)22-18-15-9-11-21-12-17(15)20(24-18)10-5-7-14-6-3-4-8-16(14)20/h3-4,6,8-9,11-12,18,22-23H,5,7,10,13H2,1-2H3. The first-order valence-electron chi connectivity index (χ1n) is 8.65. The third-order valence-corrected chi connectivity index (χ3v) is 5.24. The number of benzene rings is 1. The Kier molecular flexibility index (Phi) is 3.71. The predicted octanol–water partition coefficient (Wildman–Crippen LogP) is 3.05. The van der Waals surface area contributed by atoms with E-state index in [0.717, 1.165) is 30.4 Å². The van der Waals surface area contributed by atoms with Gasteiger partial charge in [-0.15, -0.1) is 0 Å². The Balaban J connectivity index is 1.82. The highest BCUT2D eigenvalue weighted by Gasteiger charge is 2.49. The summed E-state index contributed by atoms with van der Waals surface area (Å²) in [6, 6.07) is 10.6. The number of aliphatic hydroxyl groups excluding tert-OH is 1. The number of aryl methyl sites for hydroxylation is 1. The van der Waals surface area contributed by atoms with Gasteiger partial charge < -0.3 is 9.84 Å². The minimum Gasteiger partial charge on any atom is -0.394 e. The highest BCUT2D eigenvalue weighted by molar-refractivity contribution is 5.48. The minimum atomic E-state index is -0.429. The third-order valence-electron chi connectivity index (χ3n) is 5.24. The molecule has 0 bridgehead atoms. The molecule has 2 heterocycles. The molecule has 24 heavy (non-hydrogen) atoms. The number of aliphatic hydroxyl groups is 1. The van der Waals surface area contributed by atoms with Crippen LogP contribution < -0.4 is 5.32 Å². The summed E-state index contributed by atoms with van der Waals surface area (Å²) in [5.74, 6) is 0. The summed E-state index contributed by atoms with van der Waals surface area (Å²) in [4.78, 5) is 4.37. The van der Waals surface area contributed by atoms with E-state index in [9.17, 15) is 5.11 Å². The summed E-state index contributed by atoms with van der Waals surface area (Å²) < 4.78 is 6.66. The second-order valence-electron chi connectivity index (χ2n) is 7.48. The Morgan fingerprint density at radius 3 is 2.96 bits per heavy atom. The fourth-order valence-electron chi connectivity index (χ4n) is 4.00. The van der Waals surface area contributed by atoms with Crippen molar-refractivity contribution < 1.29 is 9.84 Å². The lowest BCUT2D eigenvalue weighted by atomic mass is 9.75. The second kappa shape index (κ2) is 5.66. The van der Waals surface area contributed by atoms with E-state index in [1.54, 1.807) is 0 Å². The third kappa shape index (κ3) is 2.37. The number of hydrogen-bond donors (Lipinski definition) is 2. The van der Waals surface area contributed by atoms with Crippen molar-refractivity contribution in [2.24, 2.45) is 0 Å². The molecule has 4 nitrogen and oxygen atoms in total. The van der Waals surface area contributed by atoms with E-state index >= 15 is 0 Å². The maximum absolute atomic E-state index is 9.63. The molecule has 2 unspecified atom stereocenters. The van der Waals surface area contributed by atoms with Crippen LogP contribution in [-0.4, -0.2) is 22.2 Å². The van der Waals surface area contributed by atoms with Gasteiger partial charge in [0.1, 0.15) is 11.8 Å². The van der Waals surface area contributed by atoms with E-state index in [-0.39, 0.29) is 12.8 Å². The molecule has 1 aromatic heterocycles. The molecule has 2 N–H and O–H groups in total. The number of nitrogens with zero attached hydrogens (tertiary/aromatic N) is 1. The van der Waals surface area contributed by atoms with Gasteiger partial charge in [0.25, 0.3) is 0 Å². The van der Waals surface area contributed by atoms with Crippen LogP contribution in [0.5, 0.6) is 0 Å². The normalized spacial score (nSPS) is 25.5. The van der Waals surface area contributed by atoms with Gasteiger partial charge in [-0.25, -0.2) is 0 Å². The molecule has 126 valence electrons. The van der Waals surface area contributed by atoms with Gasteiger partial charge in [0.15, 0.2) is 0 Å². The zero-order valence-corrected chi connectivity index (χ0v) is 14.2. The molecule has 0 amide bonds.